The minimum atomic E-state index is -4.61. The zero-order chi connectivity index (χ0) is 13.8. The summed E-state index contributed by atoms with van der Waals surface area (Å²) >= 11 is 5.40. The molecule has 0 bridgehead atoms. The molecule has 1 unspecified atom stereocenters. The second-order valence-electron chi connectivity index (χ2n) is 3.38. The number of hydrogen-bond acceptors (Lipinski definition) is 5. The molecule has 0 aliphatic heterocycles. The van der Waals surface area contributed by atoms with Crippen molar-refractivity contribution >= 4 is 17.4 Å². The molecule has 0 aliphatic carbocycles. The fourth-order valence-electron chi connectivity index (χ4n) is 1.19. The number of methoxy groups -OCH3 is 1. The van der Waals surface area contributed by atoms with Gasteiger partial charge in [-0.3, -0.25) is 0 Å². The van der Waals surface area contributed by atoms with Crippen LogP contribution in [0.1, 0.15) is 5.69 Å². The highest BCUT2D eigenvalue weighted by molar-refractivity contribution is 6.28. The summed E-state index contributed by atoms with van der Waals surface area (Å²) in [4.78, 5) is 6.67. The van der Waals surface area contributed by atoms with E-state index in [0.717, 1.165) is 0 Å². The van der Waals surface area contributed by atoms with E-state index < -0.39 is 23.2 Å². The molecule has 0 amide bonds. The molecule has 1 aromatic heterocycles. The van der Waals surface area contributed by atoms with Crippen LogP contribution in [0, 0.1) is 0 Å². The third kappa shape index (κ3) is 4.28. The van der Waals surface area contributed by atoms with Crippen molar-refractivity contribution in [3.05, 3.63) is 17.0 Å². The number of aliphatic hydroxyl groups is 1. The fraction of sp³-hybridized carbons (Fsp3) is 0.556. The number of anilines is 1. The van der Waals surface area contributed by atoms with Gasteiger partial charge in [0.1, 0.15) is 5.82 Å². The van der Waals surface area contributed by atoms with Gasteiger partial charge in [-0.2, -0.15) is 13.2 Å². The van der Waals surface area contributed by atoms with Crippen molar-refractivity contribution in [2.45, 2.75) is 12.2 Å². The number of hydrogen-bond donors (Lipinski definition) is 2. The Hall–Kier alpha value is -1.12. The third-order valence-electron chi connectivity index (χ3n) is 1.93. The quantitative estimate of drug-likeness (QED) is 0.804. The molecule has 18 heavy (non-hydrogen) atoms. The van der Waals surface area contributed by atoms with Gasteiger partial charge < -0.3 is 15.2 Å². The van der Waals surface area contributed by atoms with Gasteiger partial charge in [-0.05, 0) is 11.6 Å². The molecule has 102 valence electrons. The van der Waals surface area contributed by atoms with Crippen LogP contribution in [0.3, 0.4) is 0 Å². The first-order valence-corrected chi connectivity index (χ1v) is 5.22. The summed E-state index contributed by atoms with van der Waals surface area (Å²) < 4.78 is 42.2. The van der Waals surface area contributed by atoms with Crippen molar-refractivity contribution < 1.29 is 23.0 Å². The van der Waals surface area contributed by atoms with Gasteiger partial charge in [0, 0.05) is 13.2 Å². The Morgan fingerprint density at radius 2 is 2.17 bits per heavy atom. The zero-order valence-corrected chi connectivity index (χ0v) is 10.1. The first-order valence-electron chi connectivity index (χ1n) is 4.85. The monoisotopic (exact) mass is 285 g/mol. The van der Waals surface area contributed by atoms with E-state index in [1.807, 2.05) is 0 Å². The average Bonchev–Trinajstić information content (AvgIpc) is 2.26. The lowest BCUT2D eigenvalue weighted by atomic mass is 10.3. The zero-order valence-electron chi connectivity index (χ0n) is 9.33. The molecular weight excluding hydrogens is 275 g/mol. The van der Waals surface area contributed by atoms with E-state index in [9.17, 15) is 13.2 Å². The number of rotatable bonds is 5. The summed E-state index contributed by atoms with van der Waals surface area (Å²) in [6.45, 7) is -0.212. The SMILES string of the molecule is COCC(CO)Nc1cc(C(F)(F)F)nc(Cl)n1. The molecule has 1 atom stereocenters. The Kier molecular flexibility index (Phi) is 5.12. The predicted molar refractivity (Wildman–Crippen MR) is 58.4 cm³/mol. The maximum absolute atomic E-state index is 12.5. The van der Waals surface area contributed by atoms with E-state index in [4.69, 9.17) is 21.4 Å². The minimum Gasteiger partial charge on any atom is -0.394 e. The highest BCUT2D eigenvalue weighted by Crippen LogP contribution is 2.29. The topological polar surface area (TPSA) is 67.3 Å². The van der Waals surface area contributed by atoms with Gasteiger partial charge in [-0.25, -0.2) is 9.97 Å². The third-order valence-corrected chi connectivity index (χ3v) is 2.10. The van der Waals surface area contributed by atoms with E-state index >= 15 is 0 Å². The summed E-state index contributed by atoms with van der Waals surface area (Å²) in [5.41, 5.74) is -1.15. The van der Waals surface area contributed by atoms with Crippen LogP contribution in [0.25, 0.3) is 0 Å². The van der Waals surface area contributed by atoms with Crippen LogP contribution in [-0.4, -0.2) is 41.4 Å². The highest BCUT2D eigenvalue weighted by atomic mass is 35.5. The Labute approximate surface area is 106 Å². The molecule has 1 aromatic rings. The normalized spacial score (nSPS) is 13.4. The van der Waals surface area contributed by atoms with E-state index in [1.165, 1.54) is 7.11 Å². The summed E-state index contributed by atoms with van der Waals surface area (Å²) in [6.07, 6.45) is -4.61. The first-order chi connectivity index (χ1) is 8.36. The second kappa shape index (κ2) is 6.17. The predicted octanol–water partition coefficient (Wildman–Crippen LogP) is 1.57. The number of aliphatic hydroxyl groups excluding tert-OH is 1. The van der Waals surface area contributed by atoms with Gasteiger partial charge in [0.05, 0.1) is 19.3 Å². The van der Waals surface area contributed by atoms with Crippen molar-refractivity contribution in [2.75, 3.05) is 25.6 Å². The molecule has 5 nitrogen and oxygen atoms in total. The minimum absolute atomic E-state index is 0.111. The van der Waals surface area contributed by atoms with Gasteiger partial charge in [-0.1, -0.05) is 0 Å². The summed E-state index contributed by atoms with van der Waals surface area (Å²) in [5, 5.41) is 11.0. The number of alkyl halides is 3. The Balaban J connectivity index is 2.92. The molecule has 0 spiro atoms. The number of nitrogens with one attached hydrogen (secondary N) is 1. The summed E-state index contributed by atoms with van der Waals surface area (Å²) in [6, 6.07) is 0.131. The van der Waals surface area contributed by atoms with Crippen molar-refractivity contribution in [1.29, 1.82) is 0 Å². The largest absolute Gasteiger partial charge is 0.433 e. The van der Waals surface area contributed by atoms with E-state index in [1.54, 1.807) is 0 Å². The van der Waals surface area contributed by atoms with E-state index in [-0.39, 0.29) is 19.0 Å². The van der Waals surface area contributed by atoms with E-state index in [0.29, 0.717) is 6.07 Å². The first kappa shape index (κ1) is 14.9. The molecule has 2 N–H and O–H groups in total. The Morgan fingerprint density at radius 3 is 2.67 bits per heavy atom. The van der Waals surface area contributed by atoms with Crippen LogP contribution in [0.15, 0.2) is 6.07 Å². The Bertz CT molecular complexity index is 403. The maximum atomic E-state index is 12.5. The number of ether oxygens (including phenoxy) is 1. The van der Waals surface area contributed by atoms with Crippen LogP contribution in [0.2, 0.25) is 5.28 Å². The number of halogens is 4. The molecule has 0 radical (unpaired) electrons. The Morgan fingerprint density at radius 1 is 1.50 bits per heavy atom. The molecule has 0 aliphatic rings. The number of nitrogens with zero attached hydrogens (tertiary/aromatic N) is 2. The van der Waals surface area contributed by atoms with Crippen LogP contribution in [0.4, 0.5) is 19.0 Å². The molecule has 9 heteroatoms. The standard InChI is InChI=1S/C9H11ClF3N3O2/c1-18-4-5(3-17)14-7-2-6(9(11,12)13)15-8(10)16-7/h2,5,17H,3-4H2,1H3,(H,14,15,16). The van der Waals surface area contributed by atoms with Crippen molar-refractivity contribution in [3.8, 4) is 0 Å². The fourth-order valence-corrected chi connectivity index (χ4v) is 1.37. The highest BCUT2D eigenvalue weighted by Gasteiger charge is 2.33. The van der Waals surface area contributed by atoms with Crippen molar-refractivity contribution in [3.63, 3.8) is 0 Å². The average molecular weight is 286 g/mol. The lowest BCUT2D eigenvalue weighted by Gasteiger charge is -2.16. The maximum Gasteiger partial charge on any atom is 0.433 e. The van der Waals surface area contributed by atoms with Crippen LogP contribution >= 0.6 is 11.6 Å². The van der Waals surface area contributed by atoms with E-state index in [2.05, 4.69) is 15.3 Å². The second-order valence-corrected chi connectivity index (χ2v) is 3.72. The van der Waals surface area contributed by atoms with Crippen LogP contribution in [0.5, 0.6) is 0 Å². The molecule has 0 fully saturated rings. The molecular formula is C9H11ClF3N3O2. The molecule has 0 saturated heterocycles. The van der Waals surface area contributed by atoms with Gasteiger partial charge in [0.25, 0.3) is 0 Å². The summed E-state index contributed by atoms with van der Waals surface area (Å²) in [7, 11) is 1.40. The van der Waals surface area contributed by atoms with Gasteiger partial charge in [-0.15, -0.1) is 0 Å². The van der Waals surface area contributed by atoms with Gasteiger partial charge in [0.15, 0.2) is 5.69 Å². The van der Waals surface area contributed by atoms with Crippen LogP contribution in [-0.2, 0) is 10.9 Å². The van der Waals surface area contributed by atoms with Gasteiger partial charge in [0.2, 0.25) is 5.28 Å². The van der Waals surface area contributed by atoms with Gasteiger partial charge >= 0.3 is 6.18 Å². The molecule has 1 heterocycles. The smallest absolute Gasteiger partial charge is 0.394 e. The molecule has 0 aromatic carbocycles. The lowest BCUT2D eigenvalue weighted by molar-refractivity contribution is -0.141. The molecule has 1 rings (SSSR count). The van der Waals surface area contributed by atoms with Crippen molar-refractivity contribution in [2.24, 2.45) is 0 Å². The summed E-state index contributed by atoms with van der Waals surface area (Å²) in [5.74, 6) is -0.126. The molecule has 0 saturated carbocycles. The lowest BCUT2D eigenvalue weighted by Crippen LogP contribution is -2.29. The van der Waals surface area contributed by atoms with Crippen LogP contribution < -0.4 is 5.32 Å². The van der Waals surface area contributed by atoms with Crippen molar-refractivity contribution in [1.82, 2.24) is 9.97 Å². The number of aromatic nitrogens is 2.